The molecule has 0 radical (unpaired) electrons. The molecule has 0 heterocycles. The van der Waals surface area contributed by atoms with E-state index in [9.17, 15) is 9.59 Å². The zero-order chi connectivity index (χ0) is 34.4. The number of halogens is 2. The standard InChI is InChI=1S/C44H60F2O2/c1-3-5-7-9-11-13-15-17-19-21-23-35-25-29-37(30-26-35)43(47)39-33-42(46)40(34-41(39)45)44(48)38-31-27-36(28-32-38)24-22-20-18-16-14-12-10-8-6-4-2/h25-34H,3-24H2,1-2H3. The molecule has 0 saturated heterocycles. The number of rotatable bonds is 26. The fourth-order valence-electron chi connectivity index (χ4n) is 6.48. The van der Waals surface area contributed by atoms with Crippen molar-refractivity contribution in [1.82, 2.24) is 0 Å². The van der Waals surface area contributed by atoms with E-state index in [0.717, 1.165) is 48.9 Å². The van der Waals surface area contributed by atoms with Crippen molar-refractivity contribution in [3.8, 4) is 0 Å². The van der Waals surface area contributed by atoms with Gasteiger partial charge in [0.15, 0.2) is 11.6 Å². The Morgan fingerprint density at radius 2 is 0.688 bits per heavy atom. The van der Waals surface area contributed by atoms with Crippen molar-refractivity contribution in [1.29, 1.82) is 0 Å². The van der Waals surface area contributed by atoms with Crippen molar-refractivity contribution < 1.29 is 18.4 Å². The molecular formula is C44H60F2O2. The van der Waals surface area contributed by atoms with Crippen LogP contribution in [-0.4, -0.2) is 11.6 Å². The first-order valence-corrected chi connectivity index (χ1v) is 19.2. The van der Waals surface area contributed by atoms with Crippen LogP contribution in [0.15, 0.2) is 60.7 Å². The van der Waals surface area contributed by atoms with Gasteiger partial charge < -0.3 is 0 Å². The first kappa shape index (κ1) is 39.3. The minimum Gasteiger partial charge on any atom is -0.288 e. The lowest BCUT2D eigenvalue weighted by Crippen LogP contribution is -2.10. The summed E-state index contributed by atoms with van der Waals surface area (Å²) in [5.74, 6) is -2.96. The van der Waals surface area contributed by atoms with Gasteiger partial charge in [0.2, 0.25) is 0 Å². The van der Waals surface area contributed by atoms with Gasteiger partial charge in [-0.25, -0.2) is 8.78 Å². The summed E-state index contributed by atoms with van der Waals surface area (Å²) in [4.78, 5) is 26.2. The number of unbranched alkanes of at least 4 members (excludes halogenated alkanes) is 18. The zero-order valence-electron chi connectivity index (χ0n) is 29.9. The summed E-state index contributed by atoms with van der Waals surface area (Å²) in [6, 6.07) is 16.0. The van der Waals surface area contributed by atoms with Crippen LogP contribution in [0, 0.1) is 11.6 Å². The molecule has 3 aromatic carbocycles. The van der Waals surface area contributed by atoms with Gasteiger partial charge in [-0.15, -0.1) is 0 Å². The second-order valence-corrected chi connectivity index (χ2v) is 13.7. The number of benzene rings is 3. The fraction of sp³-hybridized carbons (Fsp3) is 0.545. The summed E-state index contributed by atoms with van der Waals surface area (Å²) in [7, 11) is 0. The average Bonchev–Trinajstić information content (AvgIpc) is 3.10. The van der Waals surface area contributed by atoms with Crippen molar-refractivity contribution >= 4 is 11.6 Å². The van der Waals surface area contributed by atoms with Gasteiger partial charge in [0.05, 0.1) is 11.1 Å². The Balaban J connectivity index is 1.43. The van der Waals surface area contributed by atoms with Gasteiger partial charge in [0.1, 0.15) is 11.6 Å². The predicted molar refractivity (Wildman–Crippen MR) is 197 cm³/mol. The largest absolute Gasteiger partial charge is 0.288 e. The van der Waals surface area contributed by atoms with E-state index in [0.29, 0.717) is 11.1 Å². The van der Waals surface area contributed by atoms with Crippen molar-refractivity contribution in [2.45, 2.75) is 155 Å². The first-order chi connectivity index (χ1) is 23.4. The maximum atomic E-state index is 15.1. The van der Waals surface area contributed by atoms with E-state index < -0.39 is 23.2 Å². The molecule has 3 rings (SSSR count). The van der Waals surface area contributed by atoms with Crippen molar-refractivity contribution in [2.24, 2.45) is 0 Å². The summed E-state index contributed by atoms with van der Waals surface area (Å²) < 4.78 is 30.3. The van der Waals surface area contributed by atoms with Crippen LogP contribution in [0.1, 0.15) is 185 Å². The highest BCUT2D eigenvalue weighted by atomic mass is 19.1. The molecule has 0 saturated carbocycles. The van der Waals surface area contributed by atoms with Gasteiger partial charge in [-0.2, -0.15) is 0 Å². The number of hydrogen-bond acceptors (Lipinski definition) is 2. The normalized spacial score (nSPS) is 11.2. The summed E-state index contributed by atoms with van der Waals surface area (Å²) in [6.45, 7) is 4.49. The van der Waals surface area contributed by atoms with Crippen LogP contribution in [0.25, 0.3) is 0 Å². The van der Waals surface area contributed by atoms with Crippen LogP contribution < -0.4 is 0 Å². The van der Waals surface area contributed by atoms with Gasteiger partial charge in [0.25, 0.3) is 0 Å². The van der Waals surface area contributed by atoms with Gasteiger partial charge in [0, 0.05) is 11.1 Å². The molecule has 4 heteroatoms. The van der Waals surface area contributed by atoms with E-state index in [1.807, 2.05) is 24.3 Å². The average molecular weight is 659 g/mol. The lowest BCUT2D eigenvalue weighted by atomic mass is 9.95. The number of hydrogen-bond donors (Lipinski definition) is 0. The smallest absolute Gasteiger partial charge is 0.196 e. The highest BCUT2D eigenvalue weighted by Crippen LogP contribution is 2.23. The lowest BCUT2D eigenvalue weighted by Gasteiger charge is -2.09. The lowest BCUT2D eigenvalue weighted by molar-refractivity contribution is 0.102. The minimum absolute atomic E-state index is 0.303. The Morgan fingerprint density at radius 1 is 0.417 bits per heavy atom. The Kier molecular flexibility index (Phi) is 19.0. The minimum atomic E-state index is -0.892. The number of carbonyl (C=O) groups is 2. The SMILES string of the molecule is CCCCCCCCCCCCc1ccc(C(=O)c2cc(F)c(C(=O)c3ccc(CCCCCCCCCCCC)cc3)cc2F)cc1. The molecule has 0 spiro atoms. The van der Waals surface area contributed by atoms with Crippen LogP contribution in [0.2, 0.25) is 0 Å². The summed E-state index contributed by atoms with van der Waals surface area (Å²) >= 11 is 0. The van der Waals surface area contributed by atoms with Gasteiger partial charge in [-0.1, -0.05) is 178 Å². The Hall–Kier alpha value is -3.14. The third kappa shape index (κ3) is 14.1. The Morgan fingerprint density at radius 3 is 0.979 bits per heavy atom. The number of aryl methyl sites for hydroxylation is 2. The molecule has 0 atom stereocenters. The number of carbonyl (C=O) groups excluding carboxylic acids is 2. The summed E-state index contributed by atoms with van der Waals surface area (Å²) in [5.41, 5.74) is 2.15. The van der Waals surface area contributed by atoms with Crippen LogP contribution in [0.4, 0.5) is 8.78 Å². The van der Waals surface area contributed by atoms with E-state index in [-0.39, 0.29) is 11.1 Å². The Bertz CT molecular complexity index is 1240. The fourth-order valence-corrected chi connectivity index (χ4v) is 6.48. The topological polar surface area (TPSA) is 34.1 Å². The highest BCUT2D eigenvalue weighted by Gasteiger charge is 2.22. The molecule has 0 aliphatic rings. The molecular weight excluding hydrogens is 598 g/mol. The first-order valence-electron chi connectivity index (χ1n) is 19.2. The molecule has 0 unspecified atom stereocenters. The zero-order valence-corrected chi connectivity index (χ0v) is 29.9. The summed E-state index contributed by atoms with van der Waals surface area (Å²) in [5, 5.41) is 0. The van der Waals surface area contributed by atoms with Crippen LogP contribution in [0.5, 0.6) is 0 Å². The van der Waals surface area contributed by atoms with E-state index in [1.165, 1.54) is 116 Å². The molecule has 0 bridgehead atoms. The maximum absolute atomic E-state index is 15.1. The van der Waals surface area contributed by atoms with Crippen LogP contribution in [-0.2, 0) is 12.8 Å². The van der Waals surface area contributed by atoms with Crippen molar-refractivity contribution in [3.05, 3.63) is 106 Å². The molecule has 0 aliphatic carbocycles. The molecule has 0 N–H and O–H groups in total. The monoisotopic (exact) mass is 658 g/mol. The molecule has 3 aromatic rings. The number of ketones is 2. The van der Waals surface area contributed by atoms with E-state index in [1.54, 1.807) is 24.3 Å². The van der Waals surface area contributed by atoms with Gasteiger partial charge in [-0.3, -0.25) is 9.59 Å². The third-order valence-corrected chi connectivity index (χ3v) is 9.62. The van der Waals surface area contributed by atoms with E-state index in [4.69, 9.17) is 0 Å². The van der Waals surface area contributed by atoms with E-state index in [2.05, 4.69) is 13.8 Å². The third-order valence-electron chi connectivity index (χ3n) is 9.62. The molecule has 0 aromatic heterocycles. The highest BCUT2D eigenvalue weighted by molar-refractivity contribution is 6.12. The quantitative estimate of drug-likeness (QED) is 0.0635. The van der Waals surface area contributed by atoms with Crippen LogP contribution in [0.3, 0.4) is 0 Å². The predicted octanol–water partition coefficient (Wildman–Crippen LogP) is 13.4. The van der Waals surface area contributed by atoms with E-state index >= 15 is 8.78 Å². The molecule has 0 aliphatic heterocycles. The van der Waals surface area contributed by atoms with Crippen molar-refractivity contribution in [2.75, 3.05) is 0 Å². The maximum Gasteiger partial charge on any atom is 0.196 e. The second kappa shape index (κ2) is 23.3. The molecule has 0 fully saturated rings. The molecule has 262 valence electrons. The summed E-state index contributed by atoms with van der Waals surface area (Å²) in [6.07, 6.45) is 27.5. The van der Waals surface area contributed by atoms with Gasteiger partial charge in [-0.05, 0) is 48.9 Å². The molecule has 48 heavy (non-hydrogen) atoms. The molecule has 0 amide bonds. The van der Waals surface area contributed by atoms with Crippen LogP contribution >= 0.6 is 0 Å². The van der Waals surface area contributed by atoms with Gasteiger partial charge >= 0.3 is 0 Å². The second-order valence-electron chi connectivity index (χ2n) is 13.7. The Labute approximate surface area is 290 Å². The molecule has 2 nitrogen and oxygen atoms in total. The van der Waals surface area contributed by atoms with Crippen molar-refractivity contribution in [3.63, 3.8) is 0 Å².